The van der Waals surface area contributed by atoms with Gasteiger partial charge >= 0.3 is 0 Å². The van der Waals surface area contributed by atoms with Crippen molar-refractivity contribution in [1.82, 2.24) is 14.9 Å². The number of hydrogen-bond acceptors (Lipinski definition) is 7. The molecule has 0 spiro atoms. The molecule has 1 unspecified atom stereocenters. The molecule has 7 heteroatoms. The molecule has 3 rings (SSSR count). The largest absolute Gasteiger partial charge is 0.389 e. The summed E-state index contributed by atoms with van der Waals surface area (Å²) in [6.07, 6.45) is 0.758. The fourth-order valence-electron chi connectivity index (χ4n) is 3.09. The Morgan fingerprint density at radius 3 is 2.67 bits per heavy atom. The maximum atomic E-state index is 9.60. The summed E-state index contributed by atoms with van der Waals surface area (Å²) in [5.41, 5.74) is 1.07. The average molecular weight is 335 g/mol. The van der Waals surface area contributed by atoms with Crippen LogP contribution in [-0.2, 0) is 4.74 Å². The Morgan fingerprint density at radius 1 is 1.29 bits per heavy atom. The number of nitrogens with zero attached hydrogens (tertiary/aromatic N) is 5. The fourth-order valence-corrected chi connectivity index (χ4v) is 3.09. The number of likely N-dealkylation sites (N-methyl/N-ethyl adjacent to an activating group) is 2. The van der Waals surface area contributed by atoms with Crippen molar-refractivity contribution in [3.8, 4) is 0 Å². The van der Waals surface area contributed by atoms with Gasteiger partial charge in [-0.3, -0.25) is 0 Å². The molecule has 0 bridgehead atoms. The summed E-state index contributed by atoms with van der Waals surface area (Å²) in [5, 5.41) is 9.60. The van der Waals surface area contributed by atoms with E-state index in [1.165, 1.54) is 0 Å². The Bertz CT molecular complexity index is 542. The number of β-amino-alcohol motifs (C(OH)–C–C–N with tert-alkyl or cyclic N) is 1. The van der Waals surface area contributed by atoms with Crippen LogP contribution in [0.25, 0.3) is 0 Å². The van der Waals surface area contributed by atoms with Crippen LogP contribution in [-0.4, -0.2) is 86.1 Å². The van der Waals surface area contributed by atoms with Gasteiger partial charge in [0.25, 0.3) is 0 Å². The molecule has 134 valence electrons. The molecule has 0 amide bonds. The van der Waals surface area contributed by atoms with E-state index in [-0.39, 0.29) is 6.10 Å². The summed E-state index contributed by atoms with van der Waals surface area (Å²) in [6, 6.07) is 2.12. The second-order valence-corrected chi connectivity index (χ2v) is 6.95. The Hall–Kier alpha value is -1.44. The Balaban J connectivity index is 1.85. The fraction of sp³-hybridized carbons (Fsp3) is 0.765. The van der Waals surface area contributed by atoms with Gasteiger partial charge in [-0.05, 0) is 27.4 Å². The average Bonchev–Trinajstić information content (AvgIpc) is 3.06. The van der Waals surface area contributed by atoms with Gasteiger partial charge in [0.05, 0.1) is 18.4 Å². The number of aromatic nitrogens is 2. The van der Waals surface area contributed by atoms with Crippen LogP contribution in [0.4, 0.5) is 11.8 Å². The van der Waals surface area contributed by atoms with Gasteiger partial charge in [-0.15, -0.1) is 0 Å². The molecule has 2 fully saturated rings. The molecule has 1 N–H and O–H groups in total. The number of aliphatic hydroxyl groups is 1. The number of rotatable bonds is 7. The van der Waals surface area contributed by atoms with E-state index in [4.69, 9.17) is 14.7 Å². The van der Waals surface area contributed by atoms with Crippen molar-refractivity contribution in [1.29, 1.82) is 0 Å². The van der Waals surface area contributed by atoms with Crippen molar-refractivity contribution in [2.45, 2.75) is 25.4 Å². The van der Waals surface area contributed by atoms with Gasteiger partial charge in [0.15, 0.2) is 0 Å². The van der Waals surface area contributed by atoms with Gasteiger partial charge in [-0.25, -0.2) is 4.98 Å². The lowest BCUT2D eigenvalue weighted by Crippen LogP contribution is -2.51. The summed E-state index contributed by atoms with van der Waals surface area (Å²) in [6.45, 7) is 7.77. The second-order valence-electron chi connectivity index (χ2n) is 6.95. The van der Waals surface area contributed by atoms with Crippen LogP contribution < -0.4 is 9.80 Å². The molecular weight excluding hydrogens is 306 g/mol. The van der Waals surface area contributed by atoms with E-state index < -0.39 is 0 Å². The first-order valence-corrected chi connectivity index (χ1v) is 8.86. The molecule has 0 aliphatic carbocycles. The standard InChI is InChI=1S/C17H29N5O2/c1-4-21(7-6-20(2)3)16-9-15(13-5-8-24-12-13)18-17(19-16)22-10-14(23)11-22/h9,13-14,23H,4-8,10-12H2,1-3H3. The molecule has 1 atom stereocenters. The molecule has 0 aromatic carbocycles. The molecule has 2 aliphatic rings. The first-order chi connectivity index (χ1) is 11.6. The summed E-state index contributed by atoms with van der Waals surface area (Å²) in [5.74, 6) is 2.07. The number of hydrogen-bond donors (Lipinski definition) is 1. The Kier molecular flexibility index (Phi) is 5.53. The minimum absolute atomic E-state index is 0.258. The van der Waals surface area contributed by atoms with Crippen LogP contribution in [0.1, 0.15) is 25.0 Å². The predicted molar refractivity (Wildman–Crippen MR) is 94.9 cm³/mol. The predicted octanol–water partition coefficient (Wildman–Crippen LogP) is 0.549. The zero-order valence-corrected chi connectivity index (χ0v) is 15.0. The molecule has 1 aromatic rings. The van der Waals surface area contributed by atoms with Gasteiger partial charge < -0.3 is 24.5 Å². The van der Waals surface area contributed by atoms with Crippen LogP contribution in [0, 0.1) is 0 Å². The number of anilines is 2. The zero-order chi connectivity index (χ0) is 17.1. The lowest BCUT2D eigenvalue weighted by molar-refractivity contribution is 0.140. The highest BCUT2D eigenvalue weighted by atomic mass is 16.5. The van der Waals surface area contributed by atoms with Gasteiger partial charge in [-0.2, -0.15) is 4.98 Å². The van der Waals surface area contributed by atoms with Crippen LogP contribution in [0.3, 0.4) is 0 Å². The lowest BCUT2D eigenvalue weighted by atomic mass is 10.0. The zero-order valence-electron chi connectivity index (χ0n) is 15.0. The van der Waals surface area contributed by atoms with Gasteiger partial charge in [-0.1, -0.05) is 0 Å². The summed E-state index contributed by atoms with van der Waals surface area (Å²) in [7, 11) is 4.17. The van der Waals surface area contributed by atoms with Crippen molar-refractivity contribution >= 4 is 11.8 Å². The SMILES string of the molecule is CCN(CCN(C)C)c1cc(C2CCOC2)nc(N2CC(O)C2)n1. The molecule has 0 radical (unpaired) electrons. The third-order valence-electron chi connectivity index (χ3n) is 4.74. The minimum Gasteiger partial charge on any atom is -0.389 e. The van der Waals surface area contributed by atoms with Crippen molar-refractivity contribution in [3.63, 3.8) is 0 Å². The number of ether oxygens (including phenoxy) is 1. The monoisotopic (exact) mass is 335 g/mol. The van der Waals surface area contributed by atoms with Crippen molar-refractivity contribution < 1.29 is 9.84 Å². The van der Waals surface area contributed by atoms with Crippen LogP contribution in [0.5, 0.6) is 0 Å². The molecule has 7 nitrogen and oxygen atoms in total. The Labute approximate surface area is 144 Å². The van der Waals surface area contributed by atoms with E-state index in [1.54, 1.807) is 0 Å². The van der Waals surface area contributed by atoms with E-state index in [0.29, 0.717) is 19.0 Å². The smallest absolute Gasteiger partial charge is 0.227 e. The first kappa shape index (κ1) is 17.4. The highest BCUT2D eigenvalue weighted by Crippen LogP contribution is 2.29. The highest BCUT2D eigenvalue weighted by Gasteiger charge is 2.29. The molecule has 2 aliphatic heterocycles. The highest BCUT2D eigenvalue weighted by molar-refractivity contribution is 5.48. The van der Waals surface area contributed by atoms with E-state index in [2.05, 4.69) is 36.9 Å². The van der Waals surface area contributed by atoms with Crippen molar-refractivity contribution in [2.24, 2.45) is 0 Å². The first-order valence-electron chi connectivity index (χ1n) is 8.86. The third-order valence-corrected chi connectivity index (χ3v) is 4.74. The summed E-state index contributed by atoms with van der Waals surface area (Å²) in [4.78, 5) is 16.1. The van der Waals surface area contributed by atoms with E-state index in [0.717, 1.165) is 56.7 Å². The molecule has 3 heterocycles. The second kappa shape index (κ2) is 7.63. The lowest BCUT2D eigenvalue weighted by Gasteiger charge is -2.36. The van der Waals surface area contributed by atoms with E-state index >= 15 is 0 Å². The normalized spacial score (nSPS) is 21.4. The quantitative estimate of drug-likeness (QED) is 0.780. The maximum absolute atomic E-state index is 9.60. The molecule has 24 heavy (non-hydrogen) atoms. The molecule has 1 aromatic heterocycles. The van der Waals surface area contributed by atoms with Gasteiger partial charge in [0.2, 0.25) is 5.95 Å². The molecule has 2 saturated heterocycles. The minimum atomic E-state index is -0.258. The summed E-state index contributed by atoms with van der Waals surface area (Å²) < 4.78 is 5.54. The van der Waals surface area contributed by atoms with Crippen LogP contribution >= 0.6 is 0 Å². The van der Waals surface area contributed by atoms with Gasteiger partial charge in [0.1, 0.15) is 5.82 Å². The number of aliphatic hydroxyl groups excluding tert-OH is 1. The molecular formula is C17H29N5O2. The Morgan fingerprint density at radius 2 is 2.08 bits per heavy atom. The van der Waals surface area contributed by atoms with E-state index in [9.17, 15) is 5.11 Å². The van der Waals surface area contributed by atoms with E-state index in [1.807, 2.05) is 4.90 Å². The van der Waals surface area contributed by atoms with Crippen LogP contribution in [0.15, 0.2) is 6.07 Å². The van der Waals surface area contributed by atoms with Gasteiger partial charge in [0, 0.05) is 51.3 Å². The third kappa shape index (κ3) is 3.96. The van der Waals surface area contributed by atoms with Crippen molar-refractivity contribution in [3.05, 3.63) is 11.8 Å². The van der Waals surface area contributed by atoms with Crippen LogP contribution in [0.2, 0.25) is 0 Å². The molecule has 0 saturated carbocycles. The topological polar surface area (TPSA) is 65.0 Å². The van der Waals surface area contributed by atoms with Crippen molar-refractivity contribution in [2.75, 3.05) is 69.8 Å². The maximum Gasteiger partial charge on any atom is 0.227 e. The summed E-state index contributed by atoms with van der Waals surface area (Å²) >= 11 is 0.